The van der Waals surface area contributed by atoms with Gasteiger partial charge in [-0.3, -0.25) is 0 Å². The fourth-order valence-corrected chi connectivity index (χ4v) is 2.19. The van der Waals surface area contributed by atoms with Crippen LogP contribution in [0.3, 0.4) is 0 Å². The van der Waals surface area contributed by atoms with Crippen molar-refractivity contribution >= 4 is 5.97 Å². The smallest absolute Gasteiger partial charge is 0.341 e. The molecule has 2 aliphatic heterocycles. The van der Waals surface area contributed by atoms with Crippen molar-refractivity contribution in [3.8, 4) is 0 Å². The maximum Gasteiger partial charge on any atom is 0.341 e. The molecule has 3 rings (SSSR count). The number of esters is 1. The third-order valence-electron chi connectivity index (χ3n) is 3.89. The fourth-order valence-electron chi connectivity index (χ4n) is 2.19. The molecule has 4 nitrogen and oxygen atoms in total. The minimum atomic E-state index is -0.578. The molecule has 2 aliphatic rings. The van der Waals surface area contributed by atoms with Crippen LogP contribution in [0.2, 0.25) is 0 Å². The second-order valence-electron chi connectivity index (χ2n) is 5.58. The Morgan fingerprint density at radius 2 is 1.89 bits per heavy atom. The fraction of sp³-hybridized carbons (Fsp3) is 0.533. The maximum absolute atomic E-state index is 11.2. The molecule has 2 saturated heterocycles. The Morgan fingerprint density at radius 1 is 1.26 bits per heavy atom. The van der Waals surface area contributed by atoms with Crippen LogP contribution in [-0.4, -0.2) is 24.8 Å². The molecule has 4 heteroatoms. The summed E-state index contributed by atoms with van der Waals surface area (Å²) < 4.78 is 10.1. The van der Waals surface area contributed by atoms with E-state index in [-0.39, 0.29) is 11.4 Å². The second-order valence-corrected chi connectivity index (χ2v) is 5.58. The zero-order chi connectivity index (χ0) is 13.9. The average Bonchev–Trinajstić information content (AvgIpc) is 3.20. The van der Waals surface area contributed by atoms with Gasteiger partial charge in [0.2, 0.25) is 0 Å². The lowest BCUT2D eigenvalue weighted by Gasteiger charge is -2.34. The summed E-state index contributed by atoms with van der Waals surface area (Å²) >= 11 is 0. The summed E-state index contributed by atoms with van der Waals surface area (Å²) in [6.45, 7) is 5.83. The highest BCUT2D eigenvalue weighted by atomic mass is 16.6. The lowest BCUT2D eigenvalue weighted by atomic mass is 9.75. The van der Waals surface area contributed by atoms with Crippen LogP contribution in [0.5, 0.6) is 0 Å². The molecule has 2 N–H and O–H groups in total. The monoisotopic (exact) mass is 263 g/mol. The molecule has 1 aromatic carbocycles. The van der Waals surface area contributed by atoms with Crippen LogP contribution in [-0.2, 0) is 20.8 Å². The Labute approximate surface area is 113 Å². The van der Waals surface area contributed by atoms with E-state index in [4.69, 9.17) is 15.2 Å². The highest BCUT2D eigenvalue weighted by Crippen LogP contribution is 2.49. The number of rotatable bonds is 1. The molecular weight excluding hydrogens is 242 g/mol. The van der Waals surface area contributed by atoms with Gasteiger partial charge in [0.05, 0.1) is 13.2 Å². The second kappa shape index (κ2) is 5.31. The standard InChI is InChI=1S/C8H12O3.C7H9N/c1-7(2)3-4-10-6(9)8(7)5-11-8;8-6-7-4-2-1-3-5-7/h3-5H2,1-2H3;1-5H,6,8H2/t8-;/m1./s1. The van der Waals surface area contributed by atoms with E-state index in [9.17, 15) is 4.79 Å². The first-order valence-corrected chi connectivity index (χ1v) is 6.57. The van der Waals surface area contributed by atoms with Gasteiger partial charge in [-0.15, -0.1) is 0 Å². The summed E-state index contributed by atoms with van der Waals surface area (Å²) in [4.78, 5) is 11.2. The van der Waals surface area contributed by atoms with Gasteiger partial charge >= 0.3 is 5.97 Å². The summed E-state index contributed by atoms with van der Waals surface area (Å²) in [7, 11) is 0. The molecule has 0 amide bonds. The van der Waals surface area contributed by atoms with Crippen molar-refractivity contribution < 1.29 is 14.3 Å². The summed E-state index contributed by atoms with van der Waals surface area (Å²) in [5.74, 6) is -0.172. The van der Waals surface area contributed by atoms with Crippen molar-refractivity contribution in [1.82, 2.24) is 0 Å². The van der Waals surface area contributed by atoms with Crippen LogP contribution >= 0.6 is 0 Å². The molecule has 19 heavy (non-hydrogen) atoms. The highest BCUT2D eigenvalue weighted by molar-refractivity contribution is 5.84. The molecule has 1 aromatic rings. The Bertz CT molecular complexity index is 438. The molecule has 1 atom stereocenters. The Hall–Kier alpha value is -1.39. The third-order valence-corrected chi connectivity index (χ3v) is 3.89. The predicted molar refractivity (Wildman–Crippen MR) is 72.4 cm³/mol. The van der Waals surface area contributed by atoms with Crippen molar-refractivity contribution in [2.45, 2.75) is 32.4 Å². The first-order valence-electron chi connectivity index (χ1n) is 6.57. The Kier molecular flexibility index (Phi) is 3.92. The van der Waals surface area contributed by atoms with E-state index in [0.717, 1.165) is 6.42 Å². The average molecular weight is 263 g/mol. The van der Waals surface area contributed by atoms with Gasteiger partial charge in [0.25, 0.3) is 0 Å². The molecular formula is C15H21NO3. The predicted octanol–water partition coefficient (Wildman–Crippen LogP) is 1.87. The third kappa shape index (κ3) is 2.80. The Morgan fingerprint density at radius 3 is 2.26 bits per heavy atom. The number of cyclic esters (lactones) is 1. The van der Waals surface area contributed by atoms with Gasteiger partial charge in [-0.2, -0.15) is 0 Å². The molecule has 0 aromatic heterocycles. The highest BCUT2D eigenvalue weighted by Gasteiger charge is 2.65. The zero-order valence-corrected chi connectivity index (χ0v) is 11.5. The van der Waals surface area contributed by atoms with Gasteiger partial charge in [-0.05, 0) is 12.0 Å². The van der Waals surface area contributed by atoms with Crippen LogP contribution < -0.4 is 5.73 Å². The van der Waals surface area contributed by atoms with Crippen LogP contribution in [0.4, 0.5) is 0 Å². The normalized spacial score (nSPS) is 27.2. The topological polar surface area (TPSA) is 64.8 Å². The van der Waals surface area contributed by atoms with Crippen LogP contribution in [0.25, 0.3) is 0 Å². The SMILES string of the molecule is CC1(C)CCOC(=O)[C@]12CO2.NCc1ccccc1. The molecule has 0 bridgehead atoms. The lowest BCUT2D eigenvalue weighted by Crippen LogP contribution is -2.46. The number of carbonyl (C=O) groups excluding carboxylic acids is 1. The van der Waals surface area contributed by atoms with Crippen LogP contribution in [0, 0.1) is 5.41 Å². The summed E-state index contributed by atoms with van der Waals surface area (Å²) in [6.07, 6.45) is 0.902. The van der Waals surface area contributed by atoms with Gasteiger partial charge in [0, 0.05) is 12.0 Å². The number of hydrogen-bond donors (Lipinski definition) is 1. The van der Waals surface area contributed by atoms with Crippen molar-refractivity contribution in [3.05, 3.63) is 35.9 Å². The van der Waals surface area contributed by atoms with Gasteiger partial charge < -0.3 is 15.2 Å². The van der Waals surface area contributed by atoms with E-state index >= 15 is 0 Å². The molecule has 2 heterocycles. The maximum atomic E-state index is 11.2. The van der Waals surface area contributed by atoms with Crippen molar-refractivity contribution in [1.29, 1.82) is 0 Å². The van der Waals surface area contributed by atoms with Crippen molar-refractivity contribution in [2.75, 3.05) is 13.2 Å². The van der Waals surface area contributed by atoms with E-state index in [2.05, 4.69) is 13.8 Å². The largest absolute Gasteiger partial charge is 0.463 e. The Balaban J connectivity index is 0.000000148. The number of carbonyl (C=O) groups is 1. The van der Waals surface area contributed by atoms with Crippen molar-refractivity contribution in [2.24, 2.45) is 11.1 Å². The van der Waals surface area contributed by atoms with E-state index in [0.29, 0.717) is 19.8 Å². The molecule has 104 valence electrons. The number of benzene rings is 1. The summed E-state index contributed by atoms with van der Waals surface area (Å²) in [6, 6.07) is 9.99. The number of nitrogens with two attached hydrogens (primary N) is 1. The van der Waals surface area contributed by atoms with E-state index in [1.54, 1.807) is 0 Å². The molecule has 2 fully saturated rings. The summed E-state index contributed by atoms with van der Waals surface area (Å²) in [5, 5.41) is 0. The van der Waals surface area contributed by atoms with Gasteiger partial charge in [-0.1, -0.05) is 44.2 Å². The zero-order valence-electron chi connectivity index (χ0n) is 11.5. The molecule has 1 spiro atoms. The minimum absolute atomic E-state index is 0.0394. The summed E-state index contributed by atoms with van der Waals surface area (Å²) in [5.41, 5.74) is 5.92. The number of ether oxygens (including phenoxy) is 2. The van der Waals surface area contributed by atoms with E-state index < -0.39 is 5.60 Å². The van der Waals surface area contributed by atoms with Gasteiger partial charge in [0.15, 0.2) is 5.60 Å². The molecule has 0 radical (unpaired) electrons. The van der Waals surface area contributed by atoms with Crippen molar-refractivity contribution in [3.63, 3.8) is 0 Å². The number of hydrogen-bond acceptors (Lipinski definition) is 4. The molecule has 0 saturated carbocycles. The molecule has 0 aliphatic carbocycles. The van der Waals surface area contributed by atoms with Crippen LogP contribution in [0.1, 0.15) is 25.8 Å². The van der Waals surface area contributed by atoms with E-state index in [1.807, 2.05) is 30.3 Å². The first kappa shape index (κ1) is 14.0. The number of epoxide rings is 1. The van der Waals surface area contributed by atoms with Gasteiger partial charge in [0.1, 0.15) is 0 Å². The minimum Gasteiger partial charge on any atom is -0.463 e. The quantitative estimate of drug-likeness (QED) is 0.620. The van der Waals surface area contributed by atoms with E-state index in [1.165, 1.54) is 5.56 Å². The van der Waals surface area contributed by atoms with Gasteiger partial charge in [-0.25, -0.2) is 4.79 Å². The first-order chi connectivity index (χ1) is 9.02. The van der Waals surface area contributed by atoms with Crippen LogP contribution in [0.15, 0.2) is 30.3 Å². The molecule has 0 unspecified atom stereocenters. The lowest BCUT2D eigenvalue weighted by molar-refractivity contribution is -0.163.